The zero-order valence-corrected chi connectivity index (χ0v) is 12.6. The predicted molar refractivity (Wildman–Crippen MR) is 79.7 cm³/mol. The molecule has 1 aromatic rings. The summed E-state index contributed by atoms with van der Waals surface area (Å²) in [6, 6.07) is 10.6. The van der Waals surface area contributed by atoms with Crippen molar-refractivity contribution >= 4 is 6.09 Å². The lowest BCUT2D eigenvalue weighted by Gasteiger charge is -2.35. The van der Waals surface area contributed by atoms with Crippen molar-refractivity contribution in [3.8, 4) is 0 Å². The Bertz CT molecular complexity index is 440. The lowest BCUT2D eigenvalue weighted by molar-refractivity contribution is 0.0195. The fourth-order valence-electron chi connectivity index (χ4n) is 2.35. The quantitative estimate of drug-likeness (QED) is 0.902. The fourth-order valence-corrected chi connectivity index (χ4v) is 2.35. The summed E-state index contributed by atoms with van der Waals surface area (Å²) in [5, 5.41) is 3.47. The minimum absolute atomic E-state index is 0.211. The van der Waals surface area contributed by atoms with Crippen molar-refractivity contribution in [2.24, 2.45) is 0 Å². The summed E-state index contributed by atoms with van der Waals surface area (Å²) in [7, 11) is 0. The molecule has 0 aliphatic carbocycles. The van der Waals surface area contributed by atoms with Crippen LogP contribution in [0, 0.1) is 0 Å². The first-order valence-corrected chi connectivity index (χ1v) is 7.19. The Kier molecular flexibility index (Phi) is 4.65. The van der Waals surface area contributed by atoms with Gasteiger partial charge in [0.1, 0.15) is 5.60 Å². The number of benzene rings is 1. The molecule has 0 unspecified atom stereocenters. The largest absolute Gasteiger partial charge is 0.444 e. The predicted octanol–water partition coefficient (Wildman–Crippen LogP) is 2.44. The number of piperazine rings is 1. The van der Waals surface area contributed by atoms with Crippen LogP contribution >= 0.6 is 0 Å². The average molecular weight is 276 g/mol. The van der Waals surface area contributed by atoms with Crippen molar-refractivity contribution in [2.75, 3.05) is 19.6 Å². The molecule has 0 bridgehead atoms. The van der Waals surface area contributed by atoms with Crippen LogP contribution in [-0.4, -0.2) is 42.3 Å². The van der Waals surface area contributed by atoms with Gasteiger partial charge >= 0.3 is 6.09 Å². The maximum atomic E-state index is 12.1. The summed E-state index contributed by atoms with van der Waals surface area (Å²) in [4.78, 5) is 13.9. The molecule has 1 fully saturated rings. The first-order valence-electron chi connectivity index (χ1n) is 7.19. The SMILES string of the molecule is CC(C)(C)OC(=O)N1CCN[C@@H](Cc2ccccc2)C1. The normalized spacial score (nSPS) is 19.8. The van der Waals surface area contributed by atoms with E-state index in [9.17, 15) is 4.79 Å². The van der Waals surface area contributed by atoms with Crippen molar-refractivity contribution in [1.29, 1.82) is 0 Å². The van der Waals surface area contributed by atoms with Crippen LogP contribution in [0.15, 0.2) is 30.3 Å². The number of nitrogens with zero attached hydrogens (tertiary/aromatic N) is 1. The van der Waals surface area contributed by atoms with Crippen LogP contribution in [0.1, 0.15) is 26.3 Å². The molecule has 1 aromatic carbocycles. The van der Waals surface area contributed by atoms with Crippen molar-refractivity contribution in [3.05, 3.63) is 35.9 Å². The lowest BCUT2D eigenvalue weighted by Crippen LogP contribution is -2.54. The zero-order chi connectivity index (χ0) is 14.6. The number of ether oxygens (including phenoxy) is 1. The van der Waals surface area contributed by atoms with E-state index < -0.39 is 5.60 Å². The van der Waals surface area contributed by atoms with Gasteiger partial charge in [0.05, 0.1) is 0 Å². The van der Waals surface area contributed by atoms with Gasteiger partial charge in [0.2, 0.25) is 0 Å². The molecule has 1 aliphatic rings. The molecule has 1 amide bonds. The maximum absolute atomic E-state index is 12.1. The molecule has 0 saturated carbocycles. The highest BCUT2D eigenvalue weighted by atomic mass is 16.6. The Morgan fingerprint density at radius 3 is 2.70 bits per heavy atom. The molecule has 0 radical (unpaired) electrons. The van der Waals surface area contributed by atoms with E-state index in [-0.39, 0.29) is 6.09 Å². The molecule has 4 nitrogen and oxygen atoms in total. The van der Waals surface area contributed by atoms with Crippen LogP contribution in [0.4, 0.5) is 4.79 Å². The van der Waals surface area contributed by atoms with Gasteiger partial charge in [-0.05, 0) is 32.8 Å². The van der Waals surface area contributed by atoms with Crippen LogP contribution in [0.5, 0.6) is 0 Å². The van der Waals surface area contributed by atoms with Gasteiger partial charge in [0.15, 0.2) is 0 Å². The van der Waals surface area contributed by atoms with Crippen LogP contribution in [0.25, 0.3) is 0 Å². The topological polar surface area (TPSA) is 41.6 Å². The molecule has 110 valence electrons. The van der Waals surface area contributed by atoms with E-state index in [0.29, 0.717) is 19.1 Å². The van der Waals surface area contributed by atoms with Crippen molar-refractivity contribution in [3.63, 3.8) is 0 Å². The third-order valence-corrected chi connectivity index (χ3v) is 3.23. The molecule has 4 heteroatoms. The molecule has 1 aliphatic heterocycles. The minimum Gasteiger partial charge on any atom is -0.444 e. The highest BCUT2D eigenvalue weighted by Gasteiger charge is 2.27. The minimum atomic E-state index is -0.434. The molecule has 1 N–H and O–H groups in total. The number of hydrogen-bond donors (Lipinski definition) is 1. The molecule has 20 heavy (non-hydrogen) atoms. The lowest BCUT2D eigenvalue weighted by atomic mass is 10.0. The fraction of sp³-hybridized carbons (Fsp3) is 0.562. The smallest absolute Gasteiger partial charge is 0.410 e. The first kappa shape index (κ1) is 14.9. The van der Waals surface area contributed by atoms with E-state index in [1.54, 1.807) is 4.90 Å². The van der Waals surface area contributed by atoms with Gasteiger partial charge < -0.3 is 15.0 Å². The Balaban J connectivity index is 1.90. The molecule has 1 heterocycles. The van der Waals surface area contributed by atoms with E-state index >= 15 is 0 Å². The Morgan fingerprint density at radius 1 is 1.35 bits per heavy atom. The maximum Gasteiger partial charge on any atom is 0.410 e. The van der Waals surface area contributed by atoms with Gasteiger partial charge in [0.25, 0.3) is 0 Å². The van der Waals surface area contributed by atoms with E-state index in [0.717, 1.165) is 13.0 Å². The molecule has 1 atom stereocenters. The molecular formula is C16H24N2O2. The van der Waals surface area contributed by atoms with Gasteiger partial charge in [-0.1, -0.05) is 30.3 Å². The molecule has 0 spiro atoms. The first-order chi connectivity index (χ1) is 9.44. The van der Waals surface area contributed by atoms with Gasteiger partial charge in [-0.15, -0.1) is 0 Å². The number of amides is 1. The molecule has 1 saturated heterocycles. The molecular weight excluding hydrogens is 252 g/mol. The van der Waals surface area contributed by atoms with Crippen molar-refractivity contribution in [2.45, 2.75) is 38.8 Å². The van der Waals surface area contributed by atoms with Crippen LogP contribution in [-0.2, 0) is 11.2 Å². The third-order valence-electron chi connectivity index (χ3n) is 3.23. The molecule has 0 aromatic heterocycles. The summed E-state index contributed by atoms with van der Waals surface area (Å²) < 4.78 is 5.43. The summed E-state index contributed by atoms with van der Waals surface area (Å²) in [5.41, 5.74) is 0.854. The monoisotopic (exact) mass is 276 g/mol. The van der Waals surface area contributed by atoms with Crippen LogP contribution in [0.3, 0.4) is 0 Å². The molecule has 2 rings (SSSR count). The third kappa shape index (κ3) is 4.53. The highest BCUT2D eigenvalue weighted by molar-refractivity contribution is 5.68. The summed E-state index contributed by atoms with van der Waals surface area (Å²) in [5.74, 6) is 0. The average Bonchev–Trinajstić information content (AvgIpc) is 2.38. The Labute approximate surface area is 121 Å². The standard InChI is InChI=1S/C16H24N2O2/c1-16(2,3)20-15(19)18-10-9-17-14(12-18)11-13-7-5-4-6-8-13/h4-8,14,17H,9-12H2,1-3H3/t14-/m0/s1. The van der Waals surface area contributed by atoms with Crippen molar-refractivity contribution in [1.82, 2.24) is 10.2 Å². The van der Waals surface area contributed by atoms with E-state index in [4.69, 9.17) is 4.74 Å². The van der Waals surface area contributed by atoms with E-state index in [1.807, 2.05) is 39.0 Å². The van der Waals surface area contributed by atoms with E-state index in [2.05, 4.69) is 17.4 Å². The van der Waals surface area contributed by atoms with Gasteiger partial charge in [-0.25, -0.2) is 4.79 Å². The number of hydrogen-bond acceptors (Lipinski definition) is 3. The van der Waals surface area contributed by atoms with Gasteiger partial charge in [-0.3, -0.25) is 0 Å². The summed E-state index contributed by atoms with van der Waals surface area (Å²) in [6.45, 7) is 7.92. The van der Waals surface area contributed by atoms with Gasteiger partial charge in [0, 0.05) is 25.7 Å². The second kappa shape index (κ2) is 6.27. The van der Waals surface area contributed by atoms with Crippen LogP contribution < -0.4 is 5.32 Å². The van der Waals surface area contributed by atoms with Crippen molar-refractivity contribution < 1.29 is 9.53 Å². The second-order valence-electron chi connectivity index (χ2n) is 6.27. The zero-order valence-electron chi connectivity index (χ0n) is 12.6. The second-order valence-corrected chi connectivity index (χ2v) is 6.27. The number of carbonyl (C=O) groups excluding carboxylic acids is 1. The Morgan fingerprint density at radius 2 is 2.05 bits per heavy atom. The number of rotatable bonds is 2. The highest BCUT2D eigenvalue weighted by Crippen LogP contribution is 2.13. The van der Waals surface area contributed by atoms with Crippen LogP contribution in [0.2, 0.25) is 0 Å². The van der Waals surface area contributed by atoms with E-state index in [1.165, 1.54) is 5.56 Å². The summed E-state index contributed by atoms with van der Waals surface area (Å²) >= 11 is 0. The number of carbonyl (C=O) groups is 1. The summed E-state index contributed by atoms with van der Waals surface area (Å²) in [6.07, 6.45) is 0.720. The number of nitrogens with one attached hydrogen (secondary N) is 1. The Hall–Kier alpha value is -1.55. The van der Waals surface area contributed by atoms with Gasteiger partial charge in [-0.2, -0.15) is 0 Å².